The lowest BCUT2D eigenvalue weighted by Gasteiger charge is -2.11. The fourth-order valence-electron chi connectivity index (χ4n) is 3.27. The molecule has 28 heavy (non-hydrogen) atoms. The molecule has 0 fully saturated rings. The highest BCUT2D eigenvalue weighted by molar-refractivity contribution is 6.09. The van der Waals surface area contributed by atoms with E-state index >= 15 is 0 Å². The van der Waals surface area contributed by atoms with E-state index < -0.39 is 5.63 Å². The molecule has 0 saturated heterocycles. The van der Waals surface area contributed by atoms with Crippen LogP contribution in [0.1, 0.15) is 25.0 Å². The van der Waals surface area contributed by atoms with Crippen LogP contribution in [0.15, 0.2) is 56.1 Å². The highest BCUT2D eigenvalue weighted by Crippen LogP contribution is 2.41. The van der Waals surface area contributed by atoms with E-state index in [0.29, 0.717) is 28.2 Å². The Hall–Kier alpha value is -3.34. The molecule has 0 bridgehead atoms. The lowest BCUT2D eigenvalue weighted by Crippen LogP contribution is -2.18. The van der Waals surface area contributed by atoms with Crippen LogP contribution in [0, 0.1) is 19.8 Å². The Morgan fingerprint density at radius 2 is 1.75 bits per heavy atom. The van der Waals surface area contributed by atoms with Crippen molar-refractivity contribution in [3.05, 3.63) is 64.0 Å². The molecule has 0 atom stereocenters. The summed E-state index contributed by atoms with van der Waals surface area (Å²) in [6.45, 7) is 7.55. The highest BCUT2D eigenvalue weighted by atomic mass is 16.4. The fraction of sp³-hybridized carbons (Fsp3) is 0.217. The van der Waals surface area contributed by atoms with Gasteiger partial charge >= 0.3 is 5.63 Å². The predicted octanol–water partition coefficient (Wildman–Crippen LogP) is 5.42. The first-order valence-electron chi connectivity index (χ1n) is 9.23. The summed E-state index contributed by atoms with van der Waals surface area (Å²) < 4.78 is 11.6. The molecule has 2 aromatic carbocycles. The molecule has 0 unspecified atom stereocenters. The molecule has 4 rings (SSSR count). The number of nitrogens with one attached hydrogen (secondary N) is 1. The fourth-order valence-corrected chi connectivity index (χ4v) is 3.27. The van der Waals surface area contributed by atoms with Crippen molar-refractivity contribution in [2.45, 2.75) is 27.7 Å². The van der Waals surface area contributed by atoms with Crippen molar-refractivity contribution in [3.63, 3.8) is 0 Å². The third-order valence-corrected chi connectivity index (χ3v) is 5.04. The lowest BCUT2D eigenvalue weighted by atomic mass is 10.0. The standard InChI is InChI=1S/C23H21NO4/c1-12(2)23(26)24-20-16-7-5-6-8-18(16)27-22(20)17-11-19(25)28-21-14(4)13(3)9-10-15(17)21/h5-12H,1-4H3,(H,24,26). The summed E-state index contributed by atoms with van der Waals surface area (Å²) in [5.41, 5.74) is 3.82. The number of para-hydroxylation sites is 1. The molecule has 0 saturated carbocycles. The van der Waals surface area contributed by atoms with Gasteiger partial charge in [0, 0.05) is 28.3 Å². The summed E-state index contributed by atoms with van der Waals surface area (Å²) in [4.78, 5) is 24.7. The molecule has 5 heteroatoms. The van der Waals surface area contributed by atoms with Gasteiger partial charge in [-0.05, 0) is 37.1 Å². The van der Waals surface area contributed by atoms with E-state index in [1.54, 1.807) is 0 Å². The van der Waals surface area contributed by atoms with Crippen LogP contribution in [0.3, 0.4) is 0 Å². The van der Waals surface area contributed by atoms with Gasteiger partial charge in [-0.3, -0.25) is 4.79 Å². The molecule has 0 aliphatic carbocycles. The number of fused-ring (bicyclic) bond motifs is 2. The SMILES string of the molecule is Cc1ccc2c(-c3oc4ccccc4c3NC(=O)C(C)C)cc(=O)oc2c1C. The number of hydrogen-bond donors (Lipinski definition) is 1. The number of furan rings is 1. The van der Waals surface area contributed by atoms with Crippen molar-refractivity contribution < 1.29 is 13.6 Å². The van der Waals surface area contributed by atoms with Gasteiger partial charge in [-0.25, -0.2) is 4.79 Å². The Balaban J connectivity index is 2.06. The maximum absolute atomic E-state index is 12.4. The molecule has 142 valence electrons. The normalized spacial score (nSPS) is 11.5. The minimum absolute atomic E-state index is 0.118. The second-order valence-corrected chi connectivity index (χ2v) is 7.31. The minimum atomic E-state index is -0.460. The van der Waals surface area contributed by atoms with Gasteiger partial charge in [-0.2, -0.15) is 0 Å². The third-order valence-electron chi connectivity index (χ3n) is 5.04. The van der Waals surface area contributed by atoms with Crippen LogP contribution in [-0.2, 0) is 4.79 Å². The average molecular weight is 375 g/mol. The quantitative estimate of drug-likeness (QED) is 0.486. The highest BCUT2D eigenvalue weighted by Gasteiger charge is 2.22. The van der Waals surface area contributed by atoms with Gasteiger partial charge in [0.25, 0.3) is 0 Å². The smallest absolute Gasteiger partial charge is 0.336 e. The van der Waals surface area contributed by atoms with Crippen LogP contribution >= 0.6 is 0 Å². The van der Waals surface area contributed by atoms with E-state index in [1.807, 2.05) is 64.1 Å². The van der Waals surface area contributed by atoms with E-state index in [1.165, 1.54) is 6.07 Å². The number of benzene rings is 2. The lowest BCUT2D eigenvalue weighted by molar-refractivity contribution is -0.118. The van der Waals surface area contributed by atoms with E-state index in [0.717, 1.165) is 21.9 Å². The van der Waals surface area contributed by atoms with Crippen molar-refractivity contribution in [1.82, 2.24) is 0 Å². The molecule has 1 amide bonds. The van der Waals surface area contributed by atoms with Gasteiger partial charge in [0.1, 0.15) is 11.2 Å². The maximum Gasteiger partial charge on any atom is 0.336 e. The summed E-state index contributed by atoms with van der Waals surface area (Å²) in [7, 11) is 0. The van der Waals surface area contributed by atoms with Crippen molar-refractivity contribution in [2.75, 3.05) is 5.32 Å². The predicted molar refractivity (Wildman–Crippen MR) is 111 cm³/mol. The Labute approximate surface area is 162 Å². The largest absolute Gasteiger partial charge is 0.454 e. The second kappa shape index (κ2) is 6.68. The molecule has 4 aromatic rings. The Morgan fingerprint density at radius 3 is 2.50 bits per heavy atom. The van der Waals surface area contributed by atoms with Gasteiger partial charge in [-0.1, -0.05) is 38.1 Å². The van der Waals surface area contributed by atoms with Gasteiger partial charge < -0.3 is 14.2 Å². The van der Waals surface area contributed by atoms with Crippen molar-refractivity contribution in [1.29, 1.82) is 0 Å². The Kier molecular flexibility index (Phi) is 4.30. The molecule has 5 nitrogen and oxygen atoms in total. The molecule has 0 radical (unpaired) electrons. The summed E-state index contributed by atoms with van der Waals surface area (Å²) >= 11 is 0. The van der Waals surface area contributed by atoms with Crippen LogP contribution in [0.4, 0.5) is 5.69 Å². The topological polar surface area (TPSA) is 72.5 Å². The number of rotatable bonds is 3. The van der Waals surface area contributed by atoms with E-state index in [-0.39, 0.29) is 11.8 Å². The molecular weight excluding hydrogens is 354 g/mol. The number of anilines is 1. The summed E-state index contributed by atoms with van der Waals surface area (Å²) in [5.74, 6) is 0.146. The number of hydrogen-bond acceptors (Lipinski definition) is 4. The van der Waals surface area contributed by atoms with Crippen molar-refractivity contribution in [3.8, 4) is 11.3 Å². The zero-order chi connectivity index (χ0) is 20.0. The van der Waals surface area contributed by atoms with E-state index in [4.69, 9.17) is 8.83 Å². The van der Waals surface area contributed by atoms with Crippen LogP contribution in [0.2, 0.25) is 0 Å². The Bertz CT molecular complexity index is 1280. The molecular formula is C23H21NO4. The molecule has 0 aliphatic rings. The monoisotopic (exact) mass is 375 g/mol. The minimum Gasteiger partial charge on any atom is -0.454 e. The third kappa shape index (κ3) is 2.89. The average Bonchev–Trinajstić information content (AvgIpc) is 3.03. The summed E-state index contributed by atoms with van der Waals surface area (Å²) in [6, 6.07) is 12.8. The zero-order valence-corrected chi connectivity index (χ0v) is 16.3. The van der Waals surface area contributed by atoms with Gasteiger partial charge in [0.2, 0.25) is 5.91 Å². The van der Waals surface area contributed by atoms with E-state index in [2.05, 4.69) is 5.32 Å². The first-order valence-corrected chi connectivity index (χ1v) is 9.23. The number of carbonyl (C=O) groups excluding carboxylic acids is 1. The summed E-state index contributed by atoms with van der Waals surface area (Å²) in [6.07, 6.45) is 0. The van der Waals surface area contributed by atoms with Gasteiger partial charge in [-0.15, -0.1) is 0 Å². The zero-order valence-electron chi connectivity index (χ0n) is 16.3. The molecule has 0 spiro atoms. The van der Waals surface area contributed by atoms with Crippen LogP contribution in [-0.4, -0.2) is 5.91 Å². The molecule has 2 aromatic heterocycles. The van der Waals surface area contributed by atoms with Crippen molar-refractivity contribution >= 4 is 33.5 Å². The summed E-state index contributed by atoms with van der Waals surface area (Å²) in [5, 5.41) is 4.53. The van der Waals surface area contributed by atoms with E-state index in [9.17, 15) is 9.59 Å². The van der Waals surface area contributed by atoms with Crippen molar-refractivity contribution in [2.24, 2.45) is 5.92 Å². The van der Waals surface area contributed by atoms with Gasteiger partial charge in [0.15, 0.2) is 5.76 Å². The molecule has 1 N–H and O–H groups in total. The second-order valence-electron chi connectivity index (χ2n) is 7.31. The van der Waals surface area contributed by atoms with Crippen LogP contribution in [0.25, 0.3) is 33.3 Å². The first-order chi connectivity index (χ1) is 13.4. The molecule has 0 aliphatic heterocycles. The number of carbonyl (C=O) groups is 1. The Morgan fingerprint density at radius 1 is 1.00 bits per heavy atom. The first kappa shape index (κ1) is 18.0. The number of amides is 1. The number of aryl methyl sites for hydroxylation is 2. The maximum atomic E-state index is 12.4. The van der Waals surface area contributed by atoms with Crippen LogP contribution < -0.4 is 10.9 Å². The van der Waals surface area contributed by atoms with Crippen LogP contribution in [0.5, 0.6) is 0 Å². The molecule has 2 heterocycles. The van der Waals surface area contributed by atoms with Gasteiger partial charge in [0.05, 0.1) is 5.69 Å².